The van der Waals surface area contributed by atoms with E-state index in [9.17, 15) is 9.59 Å². The fourth-order valence-electron chi connectivity index (χ4n) is 1.93. The first-order chi connectivity index (χ1) is 8.31. The molecule has 100 valence electrons. The predicted molar refractivity (Wildman–Crippen MR) is 72.1 cm³/mol. The summed E-state index contributed by atoms with van der Waals surface area (Å²) in [5.41, 5.74) is 0. The van der Waals surface area contributed by atoms with Crippen molar-refractivity contribution < 1.29 is 9.59 Å². The van der Waals surface area contributed by atoms with Crippen LogP contribution in [-0.4, -0.2) is 12.1 Å². The van der Waals surface area contributed by atoms with Gasteiger partial charge in [-0.1, -0.05) is 45.4 Å². The van der Waals surface area contributed by atoms with Crippen molar-refractivity contribution in [1.82, 2.24) is 0 Å². The summed E-state index contributed by atoms with van der Waals surface area (Å²) in [5.74, 6) is 0.442. The summed E-state index contributed by atoms with van der Waals surface area (Å²) in [4.78, 5) is 21.5. The van der Waals surface area contributed by atoms with Gasteiger partial charge in [0, 0.05) is 19.3 Å². The van der Waals surface area contributed by atoms with Gasteiger partial charge in [-0.25, -0.2) is 0 Å². The van der Waals surface area contributed by atoms with Gasteiger partial charge in [-0.2, -0.15) is 0 Å². The topological polar surface area (TPSA) is 34.1 Å². The van der Waals surface area contributed by atoms with Gasteiger partial charge in [-0.15, -0.1) is 0 Å². The minimum Gasteiger partial charge on any atom is -0.303 e. The third kappa shape index (κ3) is 13.3. The summed E-state index contributed by atoms with van der Waals surface area (Å²) >= 11 is 0. The van der Waals surface area contributed by atoms with Crippen molar-refractivity contribution in [2.24, 2.45) is 0 Å². The molecule has 0 saturated heterocycles. The van der Waals surface area contributed by atoms with E-state index < -0.39 is 0 Å². The molecule has 2 nitrogen and oxygen atoms in total. The second-order valence-corrected chi connectivity index (χ2v) is 4.82. The van der Waals surface area contributed by atoms with E-state index in [0.29, 0.717) is 12.2 Å². The fraction of sp³-hybridized carbons (Fsp3) is 0.867. The highest BCUT2D eigenvalue weighted by atomic mass is 16.1. The van der Waals surface area contributed by atoms with E-state index in [1.165, 1.54) is 32.1 Å². The van der Waals surface area contributed by atoms with Crippen LogP contribution in [0.25, 0.3) is 0 Å². The molecule has 0 rings (SSSR count). The lowest BCUT2D eigenvalue weighted by atomic mass is 10.0. The smallest absolute Gasteiger partial charge is 0.132 e. The summed E-state index contributed by atoms with van der Waals surface area (Å²) in [6, 6.07) is 0. The molecule has 0 radical (unpaired) electrons. The highest BCUT2D eigenvalue weighted by Crippen LogP contribution is 2.10. The largest absolute Gasteiger partial charge is 0.303 e. The molecule has 0 unspecified atom stereocenters. The summed E-state index contributed by atoms with van der Waals surface area (Å²) in [6.45, 7) is 2.12. The van der Waals surface area contributed by atoms with Crippen LogP contribution in [0.1, 0.15) is 84.0 Å². The number of ketones is 1. The summed E-state index contributed by atoms with van der Waals surface area (Å²) in [6.07, 6.45) is 13.6. The first-order valence-corrected chi connectivity index (χ1v) is 7.26. The molecule has 0 aromatic rings. The molecule has 0 aliphatic carbocycles. The van der Waals surface area contributed by atoms with Crippen LogP contribution in [-0.2, 0) is 9.59 Å². The Labute approximate surface area is 106 Å². The van der Waals surface area contributed by atoms with Gasteiger partial charge < -0.3 is 4.79 Å². The van der Waals surface area contributed by atoms with Gasteiger partial charge in [0.05, 0.1) is 0 Å². The van der Waals surface area contributed by atoms with Crippen molar-refractivity contribution in [3.05, 3.63) is 0 Å². The minimum absolute atomic E-state index is 0.442. The molecule has 0 saturated carbocycles. The highest BCUT2D eigenvalue weighted by Gasteiger charge is 2.00. The van der Waals surface area contributed by atoms with Gasteiger partial charge in [-0.3, -0.25) is 4.79 Å². The van der Waals surface area contributed by atoms with Crippen LogP contribution in [0.2, 0.25) is 0 Å². The molecule has 2 heteroatoms. The van der Waals surface area contributed by atoms with Crippen molar-refractivity contribution in [3.63, 3.8) is 0 Å². The molecule has 0 aliphatic rings. The first-order valence-electron chi connectivity index (χ1n) is 7.26. The lowest BCUT2D eigenvalue weighted by molar-refractivity contribution is -0.119. The molecule has 0 aromatic heterocycles. The molecule has 0 amide bonds. The van der Waals surface area contributed by atoms with E-state index in [1.54, 1.807) is 0 Å². The second-order valence-electron chi connectivity index (χ2n) is 4.82. The van der Waals surface area contributed by atoms with Crippen LogP contribution in [0.5, 0.6) is 0 Å². The van der Waals surface area contributed by atoms with E-state index in [2.05, 4.69) is 6.92 Å². The Kier molecular flexibility index (Phi) is 12.9. The molecule has 17 heavy (non-hydrogen) atoms. The summed E-state index contributed by atoms with van der Waals surface area (Å²) in [7, 11) is 0. The quantitative estimate of drug-likeness (QED) is 0.352. The number of unbranched alkanes of at least 4 members (excludes halogenated alkanes) is 8. The molecule has 0 aliphatic heterocycles. The molecule has 0 N–H and O–H groups in total. The van der Waals surface area contributed by atoms with Gasteiger partial charge in [0.15, 0.2) is 0 Å². The molecular formula is C15H28O2. The summed E-state index contributed by atoms with van der Waals surface area (Å²) in [5, 5.41) is 0. The van der Waals surface area contributed by atoms with Crippen LogP contribution >= 0.6 is 0 Å². The van der Waals surface area contributed by atoms with E-state index >= 15 is 0 Å². The number of carbonyl (C=O) groups excluding carboxylic acids is 2. The maximum Gasteiger partial charge on any atom is 0.132 e. The molecule has 0 heterocycles. The van der Waals surface area contributed by atoms with Crippen molar-refractivity contribution >= 4 is 12.1 Å². The molecule has 0 aromatic carbocycles. The van der Waals surface area contributed by atoms with Gasteiger partial charge in [0.2, 0.25) is 0 Å². The maximum absolute atomic E-state index is 11.4. The molecule has 0 fully saturated rings. The number of hydrogen-bond acceptors (Lipinski definition) is 2. The lowest BCUT2D eigenvalue weighted by Gasteiger charge is -2.01. The van der Waals surface area contributed by atoms with Crippen molar-refractivity contribution in [2.45, 2.75) is 84.0 Å². The monoisotopic (exact) mass is 240 g/mol. The lowest BCUT2D eigenvalue weighted by Crippen LogP contribution is -1.96. The van der Waals surface area contributed by atoms with Gasteiger partial charge in [0.25, 0.3) is 0 Å². The Balaban J connectivity index is 3.07. The average molecular weight is 240 g/mol. The average Bonchev–Trinajstić information content (AvgIpc) is 2.34. The predicted octanol–water partition coefficient (Wildman–Crippen LogP) is 4.46. The Morgan fingerprint density at radius 3 is 1.94 bits per heavy atom. The van der Waals surface area contributed by atoms with Gasteiger partial charge in [-0.05, 0) is 19.3 Å². The molecular weight excluding hydrogens is 212 g/mol. The number of rotatable bonds is 13. The Morgan fingerprint density at radius 1 is 0.824 bits per heavy atom. The van der Waals surface area contributed by atoms with Gasteiger partial charge >= 0.3 is 0 Å². The zero-order valence-electron chi connectivity index (χ0n) is 11.4. The van der Waals surface area contributed by atoms with Crippen LogP contribution in [0.4, 0.5) is 0 Å². The highest BCUT2D eigenvalue weighted by molar-refractivity contribution is 5.78. The number of hydrogen-bond donors (Lipinski definition) is 0. The van der Waals surface area contributed by atoms with Crippen molar-refractivity contribution in [2.75, 3.05) is 0 Å². The second kappa shape index (κ2) is 13.4. The molecule has 0 spiro atoms. The van der Waals surface area contributed by atoms with Crippen molar-refractivity contribution in [3.8, 4) is 0 Å². The standard InChI is InChI=1S/C15H28O2/c1-2-3-12-15(17)13-10-8-6-4-5-7-9-11-14-16/h14H,2-13H2,1H3. The van der Waals surface area contributed by atoms with E-state index in [1.807, 2.05) is 0 Å². The van der Waals surface area contributed by atoms with Crippen LogP contribution < -0.4 is 0 Å². The normalized spacial score (nSPS) is 10.4. The third-order valence-electron chi connectivity index (χ3n) is 3.09. The SMILES string of the molecule is CCCCC(=O)CCCCCCCCCC=O. The van der Waals surface area contributed by atoms with Crippen LogP contribution in [0.3, 0.4) is 0 Å². The zero-order chi connectivity index (χ0) is 12.8. The zero-order valence-corrected chi connectivity index (χ0v) is 11.4. The maximum atomic E-state index is 11.4. The Hall–Kier alpha value is -0.660. The summed E-state index contributed by atoms with van der Waals surface area (Å²) < 4.78 is 0. The number of carbonyl (C=O) groups is 2. The molecule has 0 atom stereocenters. The van der Waals surface area contributed by atoms with E-state index in [-0.39, 0.29) is 0 Å². The third-order valence-corrected chi connectivity index (χ3v) is 3.09. The van der Waals surface area contributed by atoms with E-state index in [4.69, 9.17) is 0 Å². The number of Topliss-reactive ketones (excluding diaryl/α,β-unsaturated/α-hetero) is 1. The number of aldehydes is 1. The minimum atomic E-state index is 0.442. The van der Waals surface area contributed by atoms with Crippen LogP contribution in [0.15, 0.2) is 0 Å². The Bertz CT molecular complexity index is 187. The van der Waals surface area contributed by atoms with Crippen LogP contribution in [0, 0.1) is 0 Å². The Morgan fingerprint density at radius 2 is 1.35 bits per heavy atom. The fourth-order valence-corrected chi connectivity index (χ4v) is 1.93. The molecule has 0 bridgehead atoms. The van der Waals surface area contributed by atoms with Gasteiger partial charge in [0.1, 0.15) is 12.1 Å². The van der Waals surface area contributed by atoms with Crippen molar-refractivity contribution in [1.29, 1.82) is 0 Å². The van der Waals surface area contributed by atoms with E-state index in [0.717, 1.165) is 44.8 Å². The first kappa shape index (κ1) is 16.3.